The van der Waals surface area contributed by atoms with Gasteiger partial charge in [0, 0.05) is 9.52 Å². The van der Waals surface area contributed by atoms with Crippen molar-refractivity contribution in [2.45, 2.75) is 39.8 Å². The van der Waals surface area contributed by atoms with Crippen molar-refractivity contribution in [3.8, 4) is 0 Å². The van der Waals surface area contributed by atoms with Gasteiger partial charge in [0.1, 0.15) is 0 Å². The zero-order chi connectivity index (χ0) is 12.9. The van der Waals surface area contributed by atoms with Crippen molar-refractivity contribution in [2.75, 3.05) is 0 Å². The van der Waals surface area contributed by atoms with E-state index in [-0.39, 0.29) is 50.7 Å². The molecule has 0 saturated carbocycles. The maximum atomic E-state index is 2.21. The van der Waals surface area contributed by atoms with Crippen LogP contribution in [0.3, 0.4) is 0 Å². The van der Waals surface area contributed by atoms with E-state index in [4.69, 9.17) is 0 Å². The van der Waals surface area contributed by atoms with Gasteiger partial charge in [0.2, 0.25) is 0 Å². The first-order chi connectivity index (χ1) is 8.28. The van der Waals surface area contributed by atoms with Crippen molar-refractivity contribution in [1.82, 2.24) is 0 Å². The fourth-order valence-electron chi connectivity index (χ4n) is 1.30. The Balaban J connectivity index is -0.0000000956. The maximum absolute atomic E-state index is 2.21. The summed E-state index contributed by atoms with van der Waals surface area (Å²) in [4.78, 5) is 0. The molecule has 0 saturated heterocycles. The largest absolute Gasteiger partial charge is 4.00 e. The third kappa shape index (κ3) is 16.4. The molecule has 0 aliphatic heterocycles. The van der Waals surface area contributed by atoms with Gasteiger partial charge in [0.15, 0.2) is 0 Å². The predicted octanol–water partition coefficient (Wildman–Crippen LogP) is -1.54. The van der Waals surface area contributed by atoms with E-state index in [1.54, 1.807) is 0 Å². The summed E-state index contributed by atoms with van der Waals surface area (Å²) in [5, 5.41) is 0. The summed E-state index contributed by atoms with van der Waals surface area (Å²) >= 11 is 0. The van der Waals surface area contributed by atoms with Crippen LogP contribution in [-0.4, -0.2) is 9.52 Å². The van der Waals surface area contributed by atoms with Crippen LogP contribution in [0.15, 0.2) is 48.5 Å². The number of halogens is 2. The molecule has 0 atom stereocenters. The monoisotopic (exact) mass is 495 g/mol. The number of hydrogen-bond donors (Lipinski definition) is 0. The summed E-state index contributed by atoms with van der Waals surface area (Å²) in [5.74, 6) is 0. The van der Waals surface area contributed by atoms with E-state index < -0.39 is 0 Å². The van der Waals surface area contributed by atoms with E-state index in [9.17, 15) is 0 Å². The van der Waals surface area contributed by atoms with E-state index >= 15 is 0 Å². The Labute approximate surface area is 158 Å². The summed E-state index contributed by atoms with van der Waals surface area (Å²) in [5.41, 5.74) is 2.86. The van der Waals surface area contributed by atoms with Crippen molar-refractivity contribution < 1.29 is 50.7 Å². The molecular weight excluding hydrogens is 470 g/mol. The second-order valence-corrected chi connectivity index (χ2v) is 5.03. The molecule has 4 heteroatoms. The van der Waals surface area contributed by atoms with Crippen LogP contribution in [0.1, 0.15) is 25.0 Å². The van der Waals surface area contributed by atoms with Crippen molar-refractivity contribution >= 4 is 9.52 Å². The minimum atomic E-state index is 0. The fraction of sp³-hybridized carbons (Fsp3) is 0.375. The van der Waals surface area contributed by atoms with Crippen LogP contribution < -0.4 is 24.8 Å². The van der Waals surface area contributed by atoms with Crippen molar-refractivity contribution in [3.05, 3.63) is 59.7 Å². The fourth-order valence-corrected chi connectivity index (χ4v) is 1.30. The zero-order valence-electron chi connectivity index (χ0n) is 12.9. The van der Waals surface area contributed by atoms with Crippen molar-refractivity contribution in [1.29, 1.82) is 0 Å². The number of aryl methyl sites for hydroxylation is 2. The summed E-state index contributed by atoms with van der Waals surface area (Å²) < 4.78 is 0. The first-order valence-corrected chi connectivity index (χ1v) is 8.74. The predicted molar refractivity (Wildman–Crippen MR) is 81.7 cm³/mol. The third-order valence-electron chi connectivity index (χ3n) is 2.28. The van der Waals surface area contributed by atoms with E-state index in [0.29, 0.717) is 0 Å². The second-order valence-electron chi connectivity index (χ2n) is 3.87. The molecule has 20 heavy (non-hydrogen) atoms. The first-order valence-electron chi connectivity index (χ1n) is 6.43. The van der Waals surface area contributed by atoms with Gasteiger partial charge < -0.3 is 24.8 Å². The Hall–Kier alpha value is 0.367. The molecule has 0 N–H and O–H groups in total. The minimum Gasteiger partial charge on any atom is -1.00 e. The van der Waals surface area contributed by atoms with Crippen molar-refractivity contribution in [3.63, 3.8) is 0 Å². The average molecular weight is 495 g/mol. The Morgan fingerprint density at radius 1 is 0.700 bits per heavy atom. The molecule has 0 aromatic heterocycles. The van der Waals surface area contributed by atoms with Gasteiger partial charge in [0.05, 0.1) is 0 Å². The van der Waals surface area contributed by atoms with E-state index in [0.717, 1.165) is 22.4 Å². The Morgan fingerprint density at radius 2 is 0.900 bits per heavy atom. The van der Waals surface area contributed by atoms with Crippen LogP contribution in [0.2, 0.25) is 13.1 Å². The maximum Gasteiger partial charge on any atom is 4.00 e. The molecule has 2 rings (SSSR count). The van der Waals surface area contributed by atoms with Crippen LogP contribution >= 0.6 is 0 Å². The third-order valence-corrected chi connectivity index (χ3v) is 2.28. The first kappa shape index (κ1) is 28.5. The molecule has 0 fully saturated rings. The number of hydrogen-bond acceptors (Lipinski definition) is 0. The minimum absolute atomic E-state index is 0. The van der Waals surface area contributed by atoms with E-state index in [2.05, 4.69) is 75.5 Å². The molecule has 0 unspecified atom stereocenters. The van der Waals surface area contributed by atoms with Gasteiger partial charge in [-0.15, -0.1) is 0 Å². The zero-order valence-corrected chi connectivity index (χ0v) is 19.1. The second kappa shape index (κ2) is 21.7. The van der Waals surface area contributed by atoms with E-state index in [1.165, 1.54) is 11.1 Å². The van der Waals surface area contributed by atoms with Gasteiger partial charge in [-0.2, -0.15) is 35.4 Å². The molecule has 0 nitrogen and oxygen atoms in total. The summed E-state index contributed by atoms with van der Waals surface area (Å²) in [6, 6.07) is 16.8. The molecule has 0 amide bonds. The molecule has 111 valence electrons. The normalized spacial score (nSPS) is 7.40. The smallest absolute Gasteiger partial charge is 1.00 e. The standard InChI is InChI=1S/2C7H9.C2H7Si.2ClH.Hf/c2*1-2-7-5-3-4-6-7;1-3-2;;;/h2*3-6H,2H2,1H3;3H,1-2H3;2*1H;/q2*-1;;;;+4/p-2. The summed E-state index contributed by atoms with van der Waals surface area (Å²) in [6.45, 7) is 8.74. The summed E-state index contributed by atoms with van der Waals surface area (Å²) in [6.07, 6.45) is 2.32. The van der Waals surface area contributed by atoms with Crippen LogP contribution in [-0.2, 0) is 38.7 Å². The van der Waals surface area contributed by atoms with Crippen LogP contribution in [0.25, 0.3) is 0 Å². The van der Waals surface area contributed by atoms with Gasteiger partial charge in [-0.3, -0.25) is 0 Å². The van der Waals surface area contributed by atoms with E-state index in [1.807, 2.05) is 0 Å². The van der Waals surface area contributed by atoms with Crippen LogP contribution in [0.5, 0.6) is 0 Å². The molecule has 0 aliphatic carbocycles. The quantitative estimate of drug-likeness (QED) is 0.351. The average Bonchev–Trinajstić information content (AvgIpc) is 3.04. The molecule has 2 aromatic carbocycles. The SMILES string of the molecule is CC[c-]1cccc1.CC[c-]1cccc1.C[SiH]C.[Cl-].[Cl-].[Hf+4]. The molecule has 0 spiro atoms. The van der Waals surface area contributed by atoms with Gasteiger partial charge in [-0.25, -0.2) is 24.3 Å². The van der Waals surface area contributed by atoms with Crippen LogP contribution in [0.4, 0.5) is 0 Å². The molecule has 0 aliphatic rings. The Bertz CT molecular complexity index is 297. The van der Waals surface area contributed by atoms with Gasteiger partial charge >= 0.3 is 25.8 Å². The van der Waals surface area contributed by atoms with Gasteiger partial charge in [-0.1, -0.05) is 39.8 Å². The van der Waals surface area contributed by atoms with Gasteiger partial charge in [0.25, 0.3) is 0 Å². The molecule has 0 heterocycles. The van der Waals surface area contributed by atoms with Crippen LogP contribution in [0, 0.1) is 0 Å². The number of rotatable bonds is 2. The topological polar surface area (TPSA) is 0 Å². The Morgan fingerprint density at radius 3 is 1.00 bits per heavy atom. The Kier molecular flexibility index (Phi) is 30.9. The van der Waals surface area contributed by atoms with Gasteiger partial charge in [-0.05, 0) is 0 Å². The molecule has 2 aromatic rings. The molecule has 0 bridgehead atoms. The molecular formula is C16H25Cl2HfSi. The molecule has 1 radical (unpaired) electrons. The summed E-state index contributed by atoms with van der Waals surface area (Å²) in [7, 11) is 0.750. The van der Waals surface area contributed by atoms with Crippen molar-refractivity contribution in [2.24, 2.45) is 0 Å².